The van der Waals surface area contributed by atoms with Crippen LogP contribution in [0.3, 0.4) is 0 Å². The third-order valence-electron chi connectivity index (χ3n) is 2.29. The van der Waals surface area contributed by atoms with Crippen molar-refractivity contribution in [2.75, 3.05) is 5.32 Å². The number of anilines is 1. The molecule has 2 heterocycles. The second-order valence-corrected chi connectivity index (χ2v) is 5.11. The minimum Gasteiger partial charge on any atom is -0.364 e. The zero-order valence-electron chi connectivity index (χ0n) is 10.0. The van der Waals surface area contributed by atoms with Crippen molar-refractivity contribution in [1.82, 2.24) is 15.2 Å². The minimum atomic E-state index is -0.586. The second kappa shape index (κ2) is 5.09. The van der Waals surface area contributed by atoms with E-state index in [1.165, 1.54) is 6.07 Å². The van der Waals surface area contributed by atoms with Crippen LogP contribution in [0.2, 0.25) is 0 Å². The van der Waals surface area contributed by atoms with E-state index in [4.69, 9.17) is 5.73 Å². The Morgan fingerprint density at radius 1 is 1.44 bits per heavy atom. The van der Waals surface area contributed by atoms with Gasteiger partial charge in [0.1, 0.15) is 10.8 Å². The van der Waals surface area contributed by atoms with Crippen LogP contribution in [-0.2, 0) is 0 Å². The Bertz CT molecular complexity index is 551. The van der Waals surface area contributed by atoms with E-state index in [2.05, 4.69) is 20.5 Å². The highest BCUT2D eigenvalue weighted by molar-refractivity contribution is 7.11. The van der Waals surface area contributed by atoms with Crippen LogP contribution in [0.25, 0.3) is 0 Å². The van der Waals surface area contributed by atoms with Gasteiger partial charge in [0.2, 0.25) is 0 Å². The maximum atomic E-state index is 10.8. The number of amides is 1. The van der Waals surface area contributed by atoms with Gasteiger partial charge in [-0.3, -0.25) is 4.79 Å². The van der Waals surface area contributed by atoms with Gasteiger partial charge in [-0.1, -0.05) is 0 Å². The lowest BCUT2D eigenvalue weighted by atomic mass is 10.3. The van der Waals surface area contributed by atoms with Crippen molar-refractivity contribution >= 4 is 23.1 Å². The Labute approximate surface area is 108 Å². The van der Waals surface area contributed by atoms with Crippen molar-refractivity contribution < 1.29 is 4.79 Å². The summed E-state index contributed by atoms with van der Waals surface area (Å²) in [5.41, 5.74) is 5.24. The molecule has 2 aromatic heterocycles. The summed E-state index contributed by atoms with van der Waals surface area (Å²) in [6.45, 7) is 4.00. The molecule has 0 aromatic carbocycles. The highest BCUT2D eigenvalue weighted by atomic mass is 32.1. The number of carbonyl (C=O) groups is 1. The van der Waals surface area contributed by atoms with Gasteiger partial charge in [0.15, 0.2) is 5.69 Å². The summed E-state index contributed by atoms with van der Waals surface area (Å²) in [5.74, 6) is -0.00185. The molecule has 0 bridgehead atoms. The summed E-state index contributed by atoms with van der Waals surface area (Å²) in [7, 11) is 0. The van der Waals surface area contributed by atoms with Gasteiger partial charge in [0, 0.05) is 11.1 Å². The normalized spacial score (nSPS) is 12.1. The molecule has 18 heavy (non-hydrogen) atoms. The molecule has 1 amide bonds. The summed E-state index contributed by atoms with van der Waals surface area (Å²) >= 11 is 1.63. The fourth-order valence-electron chi connectivity index (χ4n) is 1.40. The lowest BCUT2D eigenvalue weighted by molar-refractivity contribution is 0.0994. The average Bonchev–Trinajstić information content (AvgIpc) is 2.76. The number of nitrogens with zero attached hydrogens (tertiary/aromatic N) is 3. The Balaban J connectivity index is 2.07. The van der Waals surface area contributed by atoms with Gasteiger partial charge in [0.25, 0.3) is 5.91 Å². The molecular formula is C11H13N5OS. The lowest BCUT2D eigenvalue weighted by Gasteiger charge is -2.10. The minimum absolute atomic E-state index is 0.0393. The molecule has 1 unspecified atom stereocenters. The number of nitrogens with one attached hydrogen (secondary N) is 1. The van der Waals surface area contributed by atoms with Gasteiger partial charge >= 0.3 is 0 Å². The number of aromatic nitrogens is 3. The van der Waals surface area contributed by atoms with E-state index in [1.54, 1.807) is 17.4 Å². The highest BCUT2D eigenvalue weighted by Gasteiger charge is 2.10. The molecule has 0 aliphatic carbocycles. The van der Waals surface area contributed by atoms with E-state index in [9.17, 15) is 4.79 Å². The van der Waals surface area contributed by atoms with Crippen LogP contribution in [0.4, 0.5) is 5.82 Å². The number of hydrogen-bond donors (Lipinski definition) is 2. The van der Waals surface area contributed by atoms with Crippen LogP contribution < -0.4 is 11.1 Å². The Hall–Kier alpha value is -2.02. The van der Waals surface area contributed by atoms with Crippen LogP contribution in [0.15, 0.2) is 18.3 Å². The first-order valence-corrected chi connectivity index (χ1v) is 6.20. The first-order chi connectivity index (χ1) is 8.56. The molecule has 0 saturated heterocycles. The van der Waals surface area contributed by atoms with Crippen LogP contribution >= 0.6 is 11.3 Å². The van der Waals surface area contributed by atoms with E-state index < -0.39 is 5.91 Å². The van der Waals surface area contributed by atoms with Gasteiger partial charge in [-0.2, -0.15) is 0 Å². The molecule has 3 N–H and O–H groups in total. The SMILES string of the molecule is Cc1cnc(C(C)Nc2ccc(C(N)=O)nn2)s1. The zero-order valence-corrected chi connectivity index (χ0v) is 10.9. The molecule has 2 aromatic rings. The van der Waals surface area contributed by atoms with E-state index in [0.29, 0.717) is 5.82 Å². The van der Waals surface area contributed by atoms with Crippen LogP contribution in [0.1, 0.15) is 33.3 Å². The lowest BCUT2D eigenvalue weighted by Crippen LogP contribution is -2.15. The highest BCUT2D eigenvalue weighted by Crippen LogP contribution is 2.21. The number of rotatable bonds is 4. The topological polar surface area (TPSA) is 93.8 Å². The molecule has 2 rings (SSSR count). The predicted octanol–water partition coefficient (Wildman–Crippen LogP) is 1.51. The van der Waals surface area contributed by atoms with Crippen molar-refractivity contribution in [1.29, 1.82) is 0 Å². The van der Waals surface area contributed by atoms with Crippen LogP contribution in [0, 0.1) is 6.92 Å². The molecular weight excluding hydrogens is 250 g/mol. The Morgan fingerprint density at radius 2 is 2.22 bits per heavy atom. The van der Waals surface area contributed by atoms with Gasteiger partial charge in [-0.15, -0.1) is 21.5 Å². The summed E-state index contributed by atoms with van der Waals surface area (Å²) < 4.78 is 0. The van der Waals surface area contributed by atoms with Crippen molar-refractivity contribution in [3.8, 4) is 0 Å². The fourth-order valence-corrected chi connectivity index (χ4v) is 2.17. The third kappa shape index (κ3) is 2.80. The third-order valence-corrected chi connectivity index (χ3v) is 3.39. The first-order valence-electron chi connectivity index (χ1n) is 5.38. The van der Waals surface area contributed by atoms with Crippen molar-refractivity contribution in [3.05, 3.63) is 33.9 Å². The van der Waals surface area contributed by atoms with Crippen molar-refractivity contribution in [2.24, 2.45) is 5.73 Å². The Morgan fingerprint density at radius 3 is 2.72 bits per heavy atom. The summed E-state index contributed by atoms with van der Waals surface area (Å²) in [4.78, 5) is 16.3. The maximum absolute atomic E-state index is 10.8. The standard InChI is InChI=1S/C11H13N5OS/c1-6-5-13-11(18-6)7(2)14-9-4-3-8(10(12)17)15-16-9/h3-5,7H,1-2H3,(H2,12,17)(H,14,16). The van der Waals surface area contributed by atoms with E-state index in [1.807, 2.05) is 20.0 Å². The molecule has 94 valence electrons. The summed E-state index contributed by atoms with van der Waals surface area (Å²) in [6, 6.07) is 3.25. The molecule has 6 nitrogen and oxygen atoms in total. The summed E-state index contributed by atoms with van der Waals surface area (Å²) in [6.07, 6.45) is 1.83. The van der Waals surface area contributed by atoms with Crippen LogP contribution in [-0.4, -0.2) is 21.1 Å². The molecule has 0 saturated carbocycles. The monoisotopic (exact) mass is 263 g/mol. The quantitative estimate of drug-likeness (QED) is 0.872. The molecule has 0 spiro atoms. The number of aryl methyl sites for hydroxylation is 1. The number of thiazole rings is 1. The van der Waals surface area contributed by atoms with E-state index in [-0.39, 0.29) is 11.7 Å². The molecule has 1 atom stereocenters. The molecule has 0 radical (unpaired) electrons. The number of carbonyl (C=O) groups excluding carboxylic acids is 1. The van der Waals surface area contributed by atoms with Crippen molar-refractivity contribution in [2.45, 2.75) is 19.9 Å². The predicted molar refractivity (Wildman–Crippen MR) is 69.4 cm³/mol. The number of nitrogens with two attached hydrogens (primary N) is 1. The molecule has 0 aliphatic rings. The smallest absolute Gasteiger partial charge is 0.269 e. The Kier molecular flexibility index (Phi) is 3.52. The maximum Gasteiger partial charge on any atom is 0.269 e. The van der Waals surface area contributed by atoms with E-state index in [0.717, 1.165) is 9.88 Å². The van der Waals surface area contributed by atoms with Gasteiger partial charge < -0.3 is 11.1 Å². The van der Waals surface area contributed by atoms with Gasteiger partial charge in [-0.25, -0.2) is 4.98 Å². The van der Waals surface area contributed by atoms with Gasteiger partial charge in [0.05, 0.1) is 6.04 Å². The number of primary amides is 1. The molecule has 0 fully saturated rings. The zero-order chi connectivity index (χ0) is 13.1. The fraction of sp³-hybridized carbons (Fsp3) is 0.273. The first kappa shape index (κ1) is 12.4. The number of hydrogen-bond acceptors (Lipinski definition) is 6. The molecule has 0 aliphatic heterocycles. The van der Waals surface area contributed by atoms with Crippen LogP contribution in [0.5, 0.6) is 0 Å². The largest absolute Gasteiger partial charge is 0.364 e. The van der Waals surface area contributed by atoms with Gasteiger partial charge in [-0.05, 0) is 26.0 Å². The summed E-state index contributed by atoms with van der Waals surface area (Å²) in [5, 5.41) is 11.8. The van der Waals surface area contributed by atoms with E-state index >= 15 is 0 Å². The second-order valence-electron chi connectivity index (χ2n) is 3.84. The molecule has 7 heteroatoms. The average molecular weight is 263 g/mol. The van der Waals surface area contributed by atoms with Crippen molar-refractivity contribution in [3.63, 3.8) is 0 Å².